The van der Waals surface area contributed by atoms with Crippen molar-refractivity contribution in [3.8, 4) is 34.8 Å². The van der Waals surface area contributed by atoms with Crippen LogP contribution in [0.25, 0.3) is 0 Å². The van der Waals surface area contributed by atoms with Crippen LogP contribution in [0.1, 0.15) is 98.4 Å². The van der Waals surface area contributed by atoms with Gasteiger partial charge in [0.05, 0.1) is 26.7 Å². The number of phenolic OH excluding ortho intramolecular Hbond substituents is 2. The molecule has 3 aromatic carbocycles. The van der Waals surface area contributed by atoms with Crippen LogP contribution in [0.3, 0.4) is 0 Å². The van der Waals surface area contributed by atoms with Gasteiger partial charge in [-0.25, -0.2) is 0 Å². The highest BCUT2D eigenvalue weighted by Gasteiger charge is 2.30. The van der Waals surface area contributed by atoms with Gasteiger partial charge in [0, 0.05) is 32.1 Å². The summed E-state index contributed by atoms with van der Waals surface area (Å²) in [5, 5.41) is 30.7. The lowest BCUT2D eigenvalue weighted by molar-refractivity contribution is -0.156. The quantitative estimate of drug-likeness (QED) is 0.107. The van der Waals surface area contributed by atoms with E-state index in [1.807, 2.05) is 24.3 Å². The van der Waals surface area contributed by atoms with E-state index in [0.717, 1.165) is 41.5 Å². The lowest BCUT2D eigenvalue weighted by Gasteiger charge is -2.28. The summed E-state index contributed by atoms with van der Waals surface area (Å²) in [4.78, 5) is 26.5. The molecule has 9 nitrogen and oxygen atoms in total. The van der Waals surface area contributed by atoms with Crippen molar-refractivity contribution < 1.29 is 43.9 Å². The average Bonchev–Trinajstić information content (AvgIpc) is 3.08. The number of fused-ring (bicyclic) bond motifs is 1. The monoisotopic (exact) mass is 672 g/mol. The number of rotatable bonds is 12. The van der Waals surface area contributed by atoms with Gasteiger partial charge in [-0.15, -0.1) is 0 Å². The number of methoxy groups -OCH3 is 2. The molecule has 0 aliphatic heterocycles. The van der Waals surface area contributed by atoms with Crippen LogP contribution in [0.15, 0.2) is 54.6 Å². The summed E-state index contributed by atoms with van der Waals surface area (Å²) < 4.78 is 23.0. The van der Waals surface area contributed by atoms with Gasteiger partial charge < -0.3 is 34.3 Å². The Morgan fingerprint density at radius 1 is 0.898 bits per heavy atom. The molecule has 0 spiro atoms. The normalized spacial score (nSPS) is 18.3. The number of hydrogen-bond donors (Lipinski definition) is 3. The van der Waals surface area contributed by atoms with Gasteiger partial charge in [0.25, 0.3) is 0 Å². The van der Waals surface area contributed by atoms with Gasteiger partial charge in [-0.1, -0.05) is 68.4 Å². The predicted octanol–water partition coefficient (Wildman–Crippen LogP) is 6.87. The fourth-order valence-corrected chi connectivity index (χ4v) is 6.37. The second-order valence-corrected chi connectivity index (χ2v) is 12.5. The molecule has 0 aromatic heterocycles. The Kier molecular flexibility index (Phi) is 13.8. The Morgan fingerprint density at radius 3 is 2.39 bits per heavy atom. The van der Waals surface area contributed by atoms with Gasteiger partial charge in [-0.3, -0.25) is 9.59 Å². The second kappa shape index (κ2) is 18.2. The summed E-state index contributed by atoms with van der Waals surface area (Å²) in [6.07, 6.45) is 3.94. The fourth-order valence-electron chi connectivity index (χ4n) is 6.37. The molecule has 262 valence electrons. The molecule has 0 bridgehead atoms. The third-order valence-corrected chi connectivity index (χ3v) is 8.95. The molecule has 49 heavy (non-hydrogen) atoms. The molecule has 3 N–H and O–H groups in total. The Balaban J connectivity index is 1.76. The number of aromatic hydroxyl groups is 2. The number of phenols is 2. The minimum absolute atomic E-state index is 0.0105. The van der Waals surface area contributed by atoms with E-state index in [4.69, 9.17) is 18.9 Å². The fraction of sp³-hybridized carbons (Fsp3) is 0.450. The standard InChI is InChI=1S/C40H48O9/c1-5-6-7-14-35(32-13-8-10-27(19-32)25-41)40(45)49-34-20-28(31-16-18-36(43)38(22-31)46-3)11-9-12-29-21-37(44)39(47-4)23-30(29)15-17-33(24-34)48-26(2)42/h8,10,13,16,18-19,21-23,28,33-35,41,43-44H,5-7,12,14-15,17,20,24-25H2,1-4H3. The lowest BCUT2D eigenvalue weighted by atomic mass is 9.88. The molecule has 1 aliphatic rings. The number of unbranched alkanes of at least 4 members (excludes halogenated alkanes) is 2. The number of esters is 2. The van der Waals surface area contributed by atoms with Gasteiger partial charge in [0.15, 0.2) is 23.0 Å². The van der Waals surface area contributed by atoms with Gasteiger partial charge in [-0.2, -0.15) is 0 Å². The number of hydrogen-bond acceptors (Lipinski definition) is 9. The molecule has 4 atom stereocenters. The molecule has 9 heteroatoms. The van der Waals surface area contributed by atoms with Crippen LogP contribution < -0.4 is 9.47 Å². The van der Waals surface area contributed by atoms with Crippen molar-refractivity contribution in [3.05, 3.63) is 82.4 Å². The van der Waals surface area contributed by atoms with Crippen LogP contribution in [0.4, 0.5) is 0 Å². The smallest absolute Gasteiger partial charge is 0.313 e. The number of aliphatic hydroxyl groups excluding tert-OH is 1. The van der Waals surface area contributed by atoms with Crippen molar-refractivity contribution in [3.63, 3.8) is 0 Å². The van der Waals surface area contributed by atoms with E-state index < -0.39 is 30.0 Å². The number of benzene rings is 3. The molecule has 4 rings (SSSR count). The Labute approximate surface area is 289 Å². The summed E-state index contributed by atoms with van der Waals surface area (Å²) >= 11 is 0. The highest BCUT2D eigenvalue weighted by atomic mass is 16.6. The van der Waals surface area contributed by atoms with Crippen molar-refractivity contribution in [2.45, 2.75) is 102 Å². The zero-order valence-electron chi connectivity index (χ0n) is 28.9. The maximum atomic E-state index is 14.1. The summed E-state index contributed by atoms with van der Waals surface area (Å²) in [7, 11) is 2.96. The first-order valence-corrected chi connectivity index (χ1v) is 17.0. The Morgan fingerprint density at radius 2 is 1.67 bits per heavy atom. The van der Waals surface area contributed by atoms with Crippen molar-refractivity contribution in [2.24, 2.45) is 0 Å². The van der Waals surface area contributed by atoms with Gasteiger partial charge in [-0.05, 0) is 71.3 Å². The van der Waals surface area contributed by atoms with Gasteiger partial charge in [0.1, 0.15) is 12.2 Å². The molecule has 1 aliphatic carbocycles. The highest BCUT2D eigenvalue weighted by Crippen LogP contribution is 2.35. The summed E-state index contributed by atoms with van der Waals surface area (Å²) in [6.45, 7) is 3.33. The first kappa shape index (κ1) is 37.1. The molecule has 0 saturated heterocycles. The number of carbonyl (C=O) groups excluding carboxylic acids is 2. The zero-order valence-corrected chi connectivity index (χ0v) is 28.9. The molecular weight excluding hydrogens is 624 g/mol. The first-order valence-electron chi connectivity index (χ1n) is 17.0. The molecule has 3 aromatic rings. The van der Waals surface area contributed by atoms with Crippen molar-refractivity contribution >= 4 is 11.9 Å². The van der Waals surface area contributed by atoms with Crippen molar-refractivity contribution in [1.82, 2.24) is 0 Å². The number of ether oxygens (including phenoxy) is 4. The van der Waals surface area contributed by atoms with E-state index in [-0.39, 0.29) is 30.5 Å². The SMILES string of the molecule is CCCCCC(C(=O)OC1CC(OC(C)=O)CCc2cc(OC)c(O)cc2CC#CC(c2ccc(O)c(OC)c2)C1)c1cccc(CO)c1. The molecule has 0 amide bonds. The van der Waals surface area contributed by atoms with Crippen LogP contribution in [0.5, 0.6) is 23.0 Å². The molecule has 0 heterocycles. The van der Waals surface area contributed by atoms with E-state index >= 15 is 0 Å². The molecular formula is C40H48O9. The summed E-state index contributed by atoms with van der Waals surface area (Å²) in [5.41, 5.74) is 3.99. The number of aliphatic hydroxyl groups is 1. The first-order chi connectivity index (χ1) is 23.6. The van der Waals surface area contributed by atoms with E-state index in [1.54, 1.807) is 30.3 Å². The Bertz CT molecular complexity index is 1640. The van der Waals surface area contributed by atoms with E-state index in [0.29, 0.717) is 49.2 Å². The minimum Gasteiger partial charge on any atom is -0.504 e. The maximum absolute atomic E-state index is 14.1. The zero-order chi connectivity index (χ0) is 35.3. The lowest BCUT2D eigenvalue weighted by Crippen LogP contribution is -2.31. The summed E-state index contributed by atoms with van der Waals surface area (Å²) in [5.74, 6) is 5.46. The molecule has 0 saturated carbocycles. The van der Waals surface area contributed by atoms with Crippen LogP contribution in [0.2, 0.25) is 0 Å². The van der Waals surface area contributed by atoms with Crippen LogP contribution in [0, 0.1) is 11.8 Å². The minimum atomic E-state index is -0.682. The maximum Gasteiger partial charge on any atom is 0.313 e. The summed E-state index contributed by atoms with van der Waals surface area (Å²) in [6, 6.07) is 15.9. The predicted molar refractivity (Wildman–Crippen MR) is 186 cm³/mol. The van der Waals surface area contributed by atoms with Crippen molar-refractivity contribution in [1.29, 1.82) is 0 Å². The third kappa shape index (κ3) is 10.4. The van der Waals surface area contributed by atoms with Gasteiger partial charge >= 0.3 is 11.9 Å². The number of aryl methyl sites for hydroxylation is 1. The highest BCUT2D eigenvalue weighted by molar-refractivity contribution is 5.78. The average molecular weight is 673 g/mol. The Hall–Kier alpha value is -4.68. The van der Waals surface area contributed by atoms with Crippen molar-refractivity contribution in [2.75, 3.05) is 14.2 Å². The molecule has 4 unspecified atom stereocenters. The number of carbonyl (C=O) groups is 2. The second-order valence-electron chi connectivity index (χ2n) is 12.5. The van der Waals surface area contributed by atoms with Gasteiger partial charge in [0.2, 0.25) is 0 Å². The molecule has 0 fully saturated rings. The van der Waals surface area contributed by atoms with Crippen LogP contribution >= 0.6 is 0 Å². The molecule has 0 radical (unpaired) electrons. The van der Waals surface area contributed by atoms with E-state index in [1.165, 1.54) is 21.1 Å². The van der Waals surface area contributed by atoms with Crippen LogP contribution in [-0.2, 0) is 38.5 Å². The van der Waals surface area contributed by atoms with E-state index in [9.17, 15) is 24.9 Å². The largest absolute Gasteiger partial charge is 0.504 e. The third-order valence-electron chi connectivity index (χ3n) is 8.95. The van der Waals surface area contributed by atoms with Crippen LogP contribution in [-0.4, -0.2) is 53.7 Å². The van der Waals surface area contributed by atoms with E-state index in [2.05, 4.69) is 18.8 Å². The topological polar surface area (TPSA) is 132 Å².